The Balaban J connectivity index is 1.87. The third kappa shape index (κ3) is 6.29. The van der Waals surface area contributed by atoms with Gasteiger partial charge in [-0.15, -0.1) is 13.2 Å². The third-order valence-electron chi connectivity index (χ3n) is 5.00. The molecule has 1 atom stereocenters. The number of halogens is 5. The summed E-state index contributed by atoms with van der Waals surface area (Å²) in [5, 5.41) is 5.21. The van der Waals surface area contributed by atoms with E-state index in [9.17, 15) is 31.5 Å². The number of rotatable bonds is 6. The Bertz CT molecular complexity index is 1060. The number of carbonyl (C=O) groups is 2. The molecule has 0 saturated carbocycles. The Kier molecular flexibility index (Phi) is 7.22. The summed E-state index contributed by atoms with van der Waals surface area (Å²) < 4.78 is 69.4. The van der Waals surface area contributed by atoms with Crippen molar-refractivity contribution < 1.29 is 36.3 Å². The highest BCUT2D eigenvalue weighted by Crippen LogP contribution is 2.32. The normalized spacial score (nSPS) is 17.7. The van der Waals surface area contributed by atoms with Crippen molar-refractivity contribution >= 4 is 23.5 Å². The number of nitrogens with one attached hydrogen (secondary N) is 2. The van der Waals surface area contributed by atoms with E-state index < -0.39 is 48.9 Å². The Morgan fingerprint density at radius 1 is 1.24 bits per heavy atom. The van der Waals surface area contributed by atoms with Crippen molar-refractivity contribution in [3.63, 3.8) is 0 Å². The first-order valence-corrected chi connectivity index (χ1v) is 10.3. The summed E-state index contributed by atoms with van der Waals surface area (Å²) in [6.07, 6.45) is -4.56. The van der Waals surface area contributed by atoms with E-state index in [1.54, 1.807) is 13.8 Å². The second kappa shape index (κ2) is 9.77. The van der Waals surface area contributed by atoms with Gasteiger partial charge in [-0.2, -0.15) is 0 Å². The zero-order chi connectivity index (χ0) is 25.1. The molecule has 8 nitrogen and oxygen atoms in total. The van der Waals surface area contributed by atoms with E-state index in [1.165, 1.54) is 12.1 Å². The van der Waals surface area contributed by atoms with Gasteiger partial charge in [-0.25, -0.2) is 18.7 Å². The Labute approximate surface area is 191 Å². The van der Waals surface area contributed by atoms with Gasteiger partial charge in [0.1, 0.15) is 29.1 Å². The number of amides is 2. The number of aryl methyl sites for hydroxylation is 1. The molecule has 0 bridgehead atoms. The molecule has 3 heterocycles. The molecule has 1 unspecified atom stereocenters. The fourth-order valence-corrected chi connectivity index (χ4v) is 3.48. The van der Waals surface area contributed by atoms with Crippen molar-refractivity contribution in [2.75, 3.05) is 18.4 Å². The van der Waals surface area contributed by atoms with Gasteiger partial charge in [0.05, 0.1) is 6.54 Å². The van der Waals surface area contributed by atoms with Gasteiger partial charge in [0.2, 0.25) is 5.91 Å². The maximum atomic E-state index is 14.1. The minimum atomic E-state index is -4.89. The van der Waals surface area contributed by atoms with Gasteiger partial charge in [0.25, 0.3) is 11.8 Å². The molecule has 0 aliphatic carbocycles. The van der Waals surface area contributed by atoms with E-state index >= 15 is 0 Å². The number of ether oxygens (including phenoxy) is 1. The number of alkyl halides is 5. The number of hydrogen-bond donors (Lipinski definition) is 2. The van der Waals surface area contributed by atoms with Gasteiger partial charge in [0.15, 0.2) is 0 Å². The smallest absolute Gasteiger partial charge is 0.406 e. The average molecular weight is 487 g/mol. The summed E-state index contributed by atoms with van der Waals surface area (Å²) in [6, 6.07) is 3.84. The van der Waals surface area contributed by atoms with E-state index in [-0.39, 0.29) is 30.3 Å². The molecule has 0 aromatic carbocycles. The highest BCUT2D eigenvalue weighted by molar-refractivity contribution is 5.97. The summed E-state index contributed by atoms with van der Waals surface area (Å²) >= 11 is 0. The first-order chi connectivity index (χ1) is 15.9. The zero-order valence-electron chi connectivity index (χ0n) is 18.2. The number of likely N-dealkylation sites (N-methyl/N-ethyl adjacent to an activating group) is 1. The van der Waals surface area contributed by atoms with Crippen LogP contribution in [0.25, 0.3) is 0 Å². The van der Waals surface area contributed by atoms with Crippen molar-refractivity contribution in [3.8, 4) is 5.75 Å². The van der Waals surface area contributed by atoms with Crippen molar-refractivity contribution in [3.05, 3.63) is 41.7 Å². The van der Waals surface area contributed by atoms with Gasteiger partial charge >= 0.3 is 6.36 Å². The summed E-state index contributed by atoms with van der Waals surface area (Å²) in [5.74, 6) is -5.10. The highest BCUT2D eigenvalue weighted by Gasteiger charge is 2.45. The quantitative estimate of drug-likeness (QED) is 0.602. The SMILES string of the molecule is CCNC(=O)C1CCC(F)(F)CN1C(=O)c1nc(Nc2cc(OC(F)(F)F)ccn2)ccc1C. The molecule has 2 aromatic rings. The lowest BCUT2D eigenvalue weighted by atomic mass is 9.97. The van der Waals surface area contributed by atoms with Crippen LogP contribution in [0.4, 0.5) is 33.6 Å². The van der Waals surface area contributed by atoms with Crippen molar-refractivity contribution in [1.82, 2.24) is 20.2 Å². The highest BCUT2D eigenvalue weighted by atomic mass is 19.4. The molecule has 2 amide bonds. The standard InChI is InChI=1S/C21H22F5N5O3/c1-3-27-18(32)14-6-8-20(22,23)11-31(14)19(33)17-12(2)4-5-15(30-17)29-16-10-13(7-9-28-16)34-21(24,25)26/h4-5,7,9-10,14H,3,6,8,11H2,1-2H3,(H,27,32)(H,28,29,30). The molecule has 1 fully saturated rings. The summed E-state index contributed by atoms with van der Waals surface area (Å²) in [5.41, 5.74) is 0.181. The minimum Gasteiger partial charge on any atom is -0.406 e. The number of nitrogens with zero attached hydrogens (tertiary/aromatic N) is 3. The molecular weight excluding hydrogens is 465 g/mol. The number of anilines is 2. The van der Waals surface area contributed by atoms with Crippen LogP contribution in [0.1, 0.15) is 35.8 Å². The lowest BCUT2D eigenvalue weighted by Gasteiger charge is -2.38. The molecule has 0 spiro atoms. The number of aromatic nitrogens is 2. The second-order valence-electron chi connectivity index (χ2n) is 7.65. The summed E-state index contributed by atoms with van der Waals surface area (Å²) in [6.45, 7) is 2.55. The minimum absolute atomic E-state index is 0.0314. The molecule has 0 radical (unpaired) electrons. The van der Waals surface area contributed by atoms with E-state index in [2.05, 4.69) is 25.3 Å². The molecule has 34 heavy (non-hydrogen) atoms. The monoisotopic (exact) mass is 487 g/mol. The zero-order valence-corrected chi connectivity index (χ0v) is 18.2. The van der Waals surface area contributed by atoms with Crippen LogP contribution in [-0.4, -0.2) is 58.1 Å². The van der Waals surface area contributed by atoms with Gasteiger partial charge in [-0.05, 0) is 38.0 Å². The number of carbonyl (C=O) groups excluding carboxylic acids is 2. The van der Waals surface area contributed by atoms with E-state index in [4.69, 9.17) is 0 Å². The van der Waals surface area contributed by atoms with Crippen LogP contribution >= 0.6 is 0 Å². The number of hydrogen-bond acceptors (Lipinski definition) is 6. The van der Waals surface area contributed by atoms with E-state index in [0.717, 1.165) is 23.2 Å². The first-order valence-electron chi connectivity index (χ1n) is 10.3. The fraction of sp³-hybridized carbons (Fsp3) is 0.429. The predicted molar refractivity (Wildman–Crippen MR) is 111 cm³/mol. The molecule has 184 valence electrons. The maximum Gasteiger partial charge on any atom is 0.573 e. The lowest BCUT2D eigenvalue weighted by Crippen LogP contribution is -2.57. The maximum absolute atomic E-state index is 14.1. The van der Waals surface area contributed by atoms with Gasteiger partial charge in [-0.1, -0.05) is 6.07 Å². The van der Waals surface area contributed by atoms with Crippen molar-refractivity contribution in [1.29, 1.82) is 0 Å². The molecular formula is C21H22F5N5O3. The van der Waals surface area contributed by atoms with Crippen LogP contribution in [0.5, 0.6) is 5.75 Å². The topological polar surface area (TPSA) is 96.5 Å². The molecule has 1 saturated heterocycles. The van der Waals surface area contributed by atoms with Gasteiger partial charge < -0.3 is 20.3 Å². The Morgan fingerprint density at radius 2 is 1.97 bits per heavy atom. The molecule has 2 aromatic heterocycles. The summed E-state index contributed by atoms with van der Waals surface area (Å²) in [7, 11) is 0. The van der Waals surface area contributed by atoms with Crippen LogP contribution in [0.2, 0.25) is 0 Å². The van der Waals surface area contributed by atoms with Gasteiger partial charge in [0, 0.05) is 25.2 Å². The van der Waals surface area contributed by atoms with Crippen molar-refractivity contribution in [2.24, 2.45) is 0 Å². The molecule has 3 rings (SSSR count). The number of pyridine rings is 2. The van der Waals surface area contributed by atoms with Crippen LogP contribution in [0.15, 0.2) is 30.5 Å². The third-order valence-corrected chi connectivity index (χ3v) is 5.00. The fourth-order valence-electron chi connectivity index (χ4n) is 3.48. The molecule has 2 N–H and O–H groups in total. The molecule has 1 aliphatic heterocycles. The van der Waals surface area contributed by atoms with Crippen LogP contribution < -0.4 is 15.4 Å². The predicted octanol–water partition coefficient (Wildman–Crippen LogP) is 3.80. The molecule has 13 heteroatoms. The van der Waals surface area contributed by atoms with Crippen molar-refractivity contribution in [2.45, 2.75) is 45.0 Å². The number of piperidine rings is 1. The average Bonchev–Trinajstić information content (AvgIpc) is 2.73. The summed E-state index contributed by atoms with van der Waals surface area (Å²) in [4.78, 5) is 34.4. The molecule has 1 aliphatic rings. The first kappa shape index (κ1) is 25.1. The van der Waals surface area contributed by atoms with E-state index in [0.29, 0.717) is 5.56 Å². The van der Waals surface area contributed by atoms with Crippen LogP contribution in [0, 0.1) is 6.92 Å². The Morgan fingerprint density at radius 3 is 2.65 bits per heavy atom. The van der Waals surface area contributed by atoms with Crippen LogP contribution in [0.3, 0.4) is 0 Å². The largest absolute Gasteiger partial charge is 0.573 e. The van der Waals surface area contributed by atoms with E-state index in [1.807, 2.05) is 0 Å². The van der Waals surface area contributed by atoms with Crippen LogP contribution in [-0.2, 0) is 4.79 Å². The number of likely N-dealkylation sites (tertiary alicyclic amines) is 1. The second-order valence-corrected chi connectivity index (χ2v) is 7.65. The Hall–Kier alpha value is -3.51. The lowest BCUT2D eigenvalue weighted by molar-refractivity contribution is -0.274. The van der Waals surface area contributed by atoms with Gasteiger partial charge in [-0.3, -0.25) is 9.59 Å².